The number of thioether (sulfide) groups is 1. The Bertz CT molecular complexity index is 1340. The maximum Gasteiger partial charge on any atom is 0.262 e. The van der Waals surface area contributed by atoms with Crippen molar-refractivity contribution in [2.24, 2.45) is 0 Å². The lowest BCUT2D eigenvalue weighted by Gasteiger charge is -2.16. The number of H-pyrrole nitrogens is 1. The van der Waals surface area contributed by atoms with Gasteiger partial charge in [0.1, 0.15) is 0 Å². The van der Waals surface area contributed by atoms with E-state index in [1.807, 2.05) is 49.4 Å². The third-order valence-electron chi connectivity index (χ3n) is 5.74. The minimum absolute atomic E-state index is 0.00609. The molecule has 6 nitrogen and oxygen atoms in total. The van der Waals surface area contributed by atoms with E-state index in [-0.39, 0.29) is 23.2 Å². The van der Waals surface area contributed by atoms with E-state index in [4.69, 9.17) is 9.72 Å². The van der Waals surface area contributed by atoms with E-state index >= 15 is 0 Å². The summed E-state index contributed by atoms with van der Waals surface area (Å²) in [5.41, 5.74) is 3.08. The van der Waals surface area contributed by atoms with Crippen molar-refractivity contribution in [2.45, 2.75) is 37.6 Å². The molecule has 3 heterocycles. The number of para-hydroxylation sites is 2. The van der Waals surface area contributed by atoms with Crippen LogP contribution in [-0.4, -0.2) is 38.8 Å². The Kier molecular flexibility index (Phi) is 5.38. The third-order valence-corrected chi connectivity index (χ3v) is 6.72. The molecule has 1 aliphatic heterocycles. The van der Waals surface area contributed by atoms with Crippen molar-refractivity contribution in [3.05, 3.63) is 70.1 Å². The standard InChI is InChI=1S/C24H23N3O3S/c1-15-22(17-8-2-4-10-19(17)25-15)21(28)14-31-24-26-20-11-5-3-9-18(20)23(29)27(24)13-16-7-6-12-30-16/h2-5,8-11,16,25H,6-7,12-14H2,1H3. The van der Waals surface area contributed by atoms with Gasteiger partial charge in [0.05, 0.1) is 29.3 Å². The maximum absolute atomic E-state index is 13.2. The van der Waals surface area contributed by atoms with Gasteiger partial charge in [-0.1, -0.05) is 42.1 Å². The molecule has 158 valence electrons. The summed E-state index contributed by atoms with van der Waals surface area (Å²) in [5.74, 6) is 0.227. The predicted octanol–water partition coefficient (Wildman–Crippen LogP) is 4.34. The second-order valence-corrected chi connectivity index (χ2v) is 8.79. The molecule has 1 saturated heterocycles. The number of nitrogens with zero attached hydrogens (tertiary/aromatic N) is 2. The van der Waals surface area contributed by atoms with Gasteiger partial charge in [0.25, 0.3) is 5.56 Å². The van der Waals surface area contributed by atoms with E-state index in [9.17, 15) is 9.59 Å². The number of benzene rings is 2. The summed E-state index contributed by atoms with van der Waals surface area (Å²) in [4.78, 5) is 34.3. The third kappa shape index (κ3) is 3.79. The molecule has 0 saturated carbocycles. The van der Waals surface area contributed by atoms with Crippen LogP contribution in [-0.2, 0) is 11.3 Å². The van der Waals surface area contributed by atoms with Crippen molar-refractivity contribution in [1.29, 1.82) is 0 Å². The second kappa shape index (κ2) is 8.32. The Labute approximate surface area is 183 Å². The van der Waals surface area contributed by atoms with Gasteiger partial charge in [-0.25, -0.2) is 4.98 Å². The summed E-state index contributed by atoms with van der Waals surface area (Å²) >= 11 is 1.32. The first kappa shape index (κ1) is 20.0. The van der Waals surface area contributed by atoms with Crippen molar-refractivity contribution < 1.29 is 9.53 Å². The van der Waals surface area contributed by atoms with Crippen molar-refractivity contribution in [3.63, 3.8) is 0 Å². The highest BCUT2D eigenvalue weighted by Gasteiger charge is 2.22. The molecule has 0 spiro atoms. The summed E-state index contributed by atoms with van der Waals surface area (Å²) in [7, 11) is 0. The highest BCUT2D eigenvalue weighted by atomic mass is 32.2. The van der Waals surface area contributed by atoms with Gasteiger partial charge < -0.3 is 9.72 Å². The fraction of sp³-hybridized carbons (Fsp3) is 0.292. The fourth-order valence-electron chi connectivity index (χ4n) is 4.25. The average molecular weight is 434 g/mol. The van der Waals surface area contributed by atoms with E-state index in [1.54, 1.807) is 10.6 Å². The van der Waals surface area contributed by atoms with Crippen LogP contribution in [0.3, 0.4) is 0 Å². The molecule has 1 N–H and O–H groups in total. The molecule has 7 heteroatoms. The molecule has 0 aliphatic carbocycles. The van der Waals surface area contributed by atoms with Gasteiger partial charge in [-0.3, -0.25) is 14.2 Å². The quantitative estimate of drug-likeness (QED) is 0.278. The van der Waals surface area contributed by atoms with Gasteiger partial charge in [-0.15, -0.1) is 0 Å². The Balaban J connectivity index is 1.48. The molecule has 0 amide bonds. The number of hydrogen-bond donors (Lipinski definition) is 1. The van der Waals surface area contributed by atoms with Crippen LogP contribution in [0.25, 0.3) is 21.8 Å². The number of carbonyl (C=O) groups is 1. The van der Waals surface area contributed by atoms with Crippen LogP contribution in [0.2, 0.25) is 0 Å². The summed E-state index contributed by atoms with van der Waals surface area (Å²) < 4.78 is 7.44. The summed E-state index contributed by atoms with van der Waals surface area (Å²) in [6, 6.07) is 15.2. The molecule has 4 aromatic rings. The average Bonchev–Trinajstić information content (AvgIpc) is 3.41. The number of ether oxygens (including phenoxy) is 1. The number of aryl methyl sites for hydroxylation is 1. The first-order valence-electron chi connectivity index (χ1n) is 10.5. The Morgan fingerprint density at radius 3 is 2.77 bits per heavy atom. The lowest BCUT2D eigenvalue weighted by Crippen LogP contribution is -2.29. The van der Waals surface area contributed by atoms with Gasteiger partial charge >= 0.3 is 0 Å². The normalized spacial score (nSPS) is 16.4. The summed E-state index contributed by atoms with van der Waals surface area (Å²) in [6.07, 6.45) is 1.93. The number of fused-ring (bicyclic) bond motifs is 2. The first-order chi connectivity index (χ1) is 15.1. The van der Waals surface area contributed by atoms with Crippen molar-refractivity contribution in [1.82, 2.24) is 14.5 Å². The van der Waals surface area contributed by atoms with Crippen LogP contribution in [0.5, 0.6) is 0 Å². The van der Waals surface area contributed by atoms with Crippen LogP contribution >= 0.6 is 11.8 Å². The van der Waals surface area contributed by atoms with Gasteiger partial charge in [0.15, 0.2) is 10.9 Å². The van der Waals surface area contributed by atoms with E-state index < -0.39 is 0 Å². The minimum atomic E-state index is -0.0840. The molecule has 31 heavy (non-hydrogen) atoms. The molecule has 2 aromatic heterocycles. The van der Waals surface area contributed by atoms with Crippen molar-refractivity contribution >= 4 is 39.4 Å². The molecular formula is C24H23N3O3S. The lowest BCUT2D eigenvalue weighted by atomic mass is 10.1. The zero-order chi connectivity index (χ0) is 21.4. The molecule has 5 rings (SSSR count). The number of nitrogens with one attached hydrogen (secondary N) is 1. The Hall–Kier alpha value is -2.90. The molecule has 1 fully saturated rings. The number of Topliss-reactive ketones (excluding diaryl/α,β-unsaturated/α-hetero) is 1. The van der Waals surface area contributed by atoms with Gasteiger partial charge in [-0.05, 0) is 38.0 Å². The first-order valence-corrected chi connectivity index (χ1v) is 11.4. The van der Waals surface area contributed by atoms with Crippen LogP contribution in [0.4, 0.5) is 0 Å². The Morgan fingerprint density at radius 1 is 1.19 bits per heavy atom. The van der Waals surface area contributed by atoms with Crippen LogP contribution in [0.1, 0.15) is 28.9 Å². The van der Waals surface area contributed by atoms with Crippen LogP contribution < -0.4 is 5.56 Å². The van der Waals surface area contributed by atoms with Gasteiger partial charge in [0.2, 0.25) is 0 Å². The van der Waals surface area contributed by atoms with Crippen molar-refractivity contribution in [2.75, 3.05) is 12.4 Å². The van der Waals surface area contributed by atoms with Gasteiger partial charge in [-0.2, -0.15) is 0 Å². The lowest BCUT2D eigenvalue weighted by molar-refractivity contribution is 0.0937. The smallest absolute Gasteiger partial charge is 0.262 e. The maximum atomic E-state index is 13.2. The van der Waals surface area contributed by atoms with E-state index in [0.717, 1.165) is 36.0 Å². The summed E-state index contributed by atoms with van der Waals surface area (Å²) in [5, 5.41) is 2.07. The summed E-state index contributed by atoms with van der Waals surface area (Å²) in [6.45, 7) is 3.10. The molecule has 1 unspecified atom stereocenters. The zero-order valence-corrected chi connectivity index (χ0v) is 18.1. The molecule has 1 atom stereocenters. The van der Waals surface area contributed by atoms with E-state index in [1.165, 1.54) is 11.8 Å². The number of carbonyl (C=O) groups excluding carboxylic acids is 1. The molecule has 2 aromatic carbocycles. The number of aromatic amines is 1. The number of rotatable bonds is 6. The highest BCUT2D eigenvalue weighted by molar-refractivity contribution is 7.99. The molecule has 0 bridgehead atoms. The molecule has 0 radical (unpaired) electrons. The van der Waals surface area contributed by atoms with Crippen LogP contribution in [0.15, 0.2) is 58.5 Å². The largest absolute Gasteiger partial charge is 0.376 e. The van der Waals surface area contributed by atoms with Crippen molar-refractivity contribution in [3.8, 4) is 0 Å². The molecular weight excluding hydrogens is 410 g/mol. The molecule has 1 aliphatic rings. The SMILES string of the molecule is Cc1[nH]c2ccccc2c1C(=O)CSc1nc2ccccc2c(=O)n1CC1CCCO1. The van der Waals surface area contributed by atoms with Crippen LogP contribution in [0, 0.1) is 6.92 Å². The van der Waals surface area contributed by atoms with E-state index in [2.05, 4.69) is 4.98 Å². The second-order valence-electron chi connectivity index (χ2n) is 7.84. The monoisotopic (exact) mass is 433 g/mol. The zero-order valence-electron chi connectivity index (χ0n) is 17.3. The fourth-order valence-corrected chi connectivity index (χ4v) is 5.13. The Morgan fingerprint density at radius 2 is 1.97 bits per heavy atom. The number of ketones is 1. The topological polar surface area (TPSA) is 77.0 Å². The van der Waals surface area contributed by atoms with E-state index in [0.29, 0.717) is 28.2 Å². The van der Waals surface area contributed by atoms with Gasteiger partial charge in [0, 0.05) is 28.8 Å². The number of aromatic nitrogens is 3. The number of hydrogen-bond acceptors (Lipinski definition) is 5. The highest BCUT2D eigenvalue weighted by Crippen LogP contribution is 2.26. The predicted molar refractivity (Wildman–Crippen MR) is 123 cm³/mol. The minimum Gasteiger partial charge on any atom is -0.376 e.